The highest BCUT2D eigenvalue weighted by Crippen LogP contribution is 2.27. The third-order valence-electron chi connectivity index (χ3n) is 4.36. The Bertz CT molecular complexity index is 1120. The number of aryl methyl sites for hydroxylation is 2. The lowest BCUT2D eigenvalue weighted by atomic mass is 10.1. The zero-order valence-electron chi connectivity index (χ0n) is 14.8. The molecule has 1 N–H and O–H groups in total. The number of hydrogen-bond donors (Lipinski definition) is 1. The number of aromatic nitrogens is 4. The summed E-state index contributed by atoms with van der Waals surface area (Å²) in [6.45, 7) is 5.97. The molecule has 0 amide bonds. The Hall–Kier alpha value is -2.92. The summed E-state index contributed by atoms with van der Waals surface area (Å²) in [7, 11) is 0. The van der Waals surface area contributed by atoms with Crippen LogP contribution in [-0.4, -0.2) is 19.6 Å². The lowest BCUT2D eigenvalue weighted by Crippen LogP contribution is -2.03. The maximum Gasteiger partial charge on any atom is 0.254 e. The molecule has 4 rings (SSSR count). The molecule has 4 aromatic rings. The van der Waals surface area contributed by atoms with Gasteiger partial charge in [0.1, 0.15) is 5.82 Å². The molecular formula is C20H18ClN5. The minimum Gasteiger partial charge on any atom is -0.340 e. The molecule has 5 nitrogen and oxygen atoms in total. The highest BCUT2D eigenvalue weighted by Gasteiger charge is 2.14. The van der Waals surface area contributed by atoms with Gasteiger partial charge in [0.05, 0.1) is 0 Å². The van der Waals surface area contributed by atoms with Crippen molar-refractivity contribution >= 4 is 28.9 Å². The van der Waals surface area contributed by atoms with Crippen molar-refractivity contribution < 1.29 is 0 Å². The second kappa shape index (κ2) is 6.42. The zero-order chi connectivity index (χ0) is 18.3. The van der Waals surface area contributed by atoms with Crippen LogP contribution in [0.15, 0.2) is 48.5 Å². The fourth-order valence-corrected chi connectivity index (χ4v) is 3.07. The second-order valence-electron chi connectivity index (χ2n) is 6.28. The van der Waals surface area contributed by atoms with Crippen LogP contribution in [0.3, 0.4) is 0 Å². The lowest BCUT2D eigenvalue weighted by Gasteiger charge is -2.11. The average Bonchev–Trinajstić information content (AvgIpc) is 3.03. The van der Waals surface area contributed by atoms with E-state index in [1.807, 2.05) is 69.3 Å². The summed E-state index contributed by atoms with van der Waals surface area (Å²) in [5.74, 6) is 2.02. The molecular weight excluding hydrogens is 346 g/mol. The van der Waals surface area contributed by atoms with Gasteiger partial charge in [0, 0.05) is 28.0 Å². The van der Waals surface area contributed by atoms with Crippen LogP contribution in [-0.2, 0) is 0 Å². The molecule has 0 unspecified atom stereocenters. The first-order chi connectivity index (χ1) is 12.5. The van der Waals surface area contributed by atoms with Crippen LogP contribution in [0.2, 0.25) is 5.02 Å². The fraction of sp³-hybridized carbons (Fsp3) is 0.150. The number of fused-ring (bicyclic) bond motifs is 1. The molecule has 0 bridgehead atoms. The van der Waals surface area contributed by atoms with Crippen molar-refractivity contribution in [1.82, 2.24) is 19.6 Å². The standard InChI is InChI=1S/C20H18ClN5/c1-12-7-4-5-8-15(12)19-24-20-22-13(2)11-18(26(20)25-19)23-17-10-6-9-16(21)14(17)3/h4-11,23H,1-3H3. The molecule has 0 aliphatic heterocycles. The van der Waals surface area contributed by atoms with Crippen LogP contribution >= 0.6 is 11.6 Å². The summed E-state index contributed by atoms with van der Waals surface area (Å²) < 4.78 is 1.73. The van der Waals surface area contributed by atoms with Gasteiger partial charge in [-0.2, -0.15) is 9.50 Å². The highest BCUT2D eigenvalue weighted by molar-refractivity contribution is 6.31. The molecule has 130 valence electrons. The van der Waals surface area contributed by atoms with Crippen LogP contribution in [0.25, 0.3) is 17.2 Å². The molecule has 0 spiro atoms. The van der Waals surface area contributed by atoms with E-state index in [-0.39, 0.29) is 0 Å². The van der Waals surface area contributed by atoms with Crippen LogP contribution in [0.5, 0.6) is 0 Å². The van der Waals surface area contributed by atoms with E-state index in [2.05, 4.69) is 20.4 Å². The Kier molecular flexibility index (Phi) is 4.09. The third-order valence-corrected chi connectivity index (χ3v) is 4.77. The molecule has 0 radical (unpaired) electrons. The van der Waals surface area contributed by atoms with Gasteiger partial charge < -0.3 is 5.32 Å². The van der Waals surface area contributed by atoms with E-state index in [4.69, 9.17) is 11.6 Å². The highest BCUT2D eigenvalue weighted by atomic mass is 35.5. The summed E-state index contributed by atoms with van der Waals surface area (Å²) in [6.07, 6.45) is 0. The Morgan fingerprint density at radius 1 is 0.962 bits per heavy atom. The molecule has 0 saturated heterocycles. The first-order valence-corrected chi connectivity index (χ1v) is 8.73. The topological polar surface area (TPSA) is 55.1 Å². The van der Waals surface area contributed by atoms with Gasteiger partial charge in [0.2, 0.25) is 0 Å². The van der Waals surface area contributed by atoms with E-state index in [0.717, 1.165) is 38.9 Å². The van der Waals surface area contributed by atoms with E-state index in [0.29, 0.717) is 11.6 Å². The monoisotopic (exact) mass is 363 g/mol. The number of nitrogens with one attached hydrogen (secondary N) is 1. The van der Waals surface area contributed by atoms with E-state index in [1.54, 1.807) is 4.52 Å². The van der Waals surface area contributed by atoms with Gasteiger partial charge in [-0.1, -0.05) is 41.9 Å². The smallest absolute Gasteiger partial charge is 0.254 e. The second-order valence-corrected chi connectivity index (χ2v) is 6.69. The van der Waals surface area contributed by atoms with Gasteiger partial charge >= 0.3 is 0 Å². The minimum absolute atomic E-state index is 0.561. The van der Waals surface area contributed by atoms with E-state index in [9.17, 15) is 0 Å². The van der Waals surface area contributed by atoms with Crippen LogP contribution in [0.4, 0.5) is 11.5 Å². The number of hydrogen-bond acceptors (Lipinski definition) is 4. The molecule has 2 heterocycles. The average molecular weight is 364 g/mol. The van der Waals surface area contributed by atoms with E-state index < -0.39 is 0 Å². The first kappa shape index (κ1) is 16.5. The molecule has 0 aliphatic rings. The summed E-state index contributed by atoms with van der Waals surface area (Å²) in [5, 5.41) is 8.81. The van der Waals surface area contributed by atoms with Crippen molar-refractivity contribution in [2.75, 3.05) is 5.32 Å². The molecule has 2 aromatic carbocycles. The SMILES string of the molecule is Cc1cc(Nc2cccc(Cl)c2C)n2nc(-c3ccccc3C)nc2n1. The summed E-state index contributed by atoms with van der Waals surface area (Å²) in [5.41, 5.74) is 4.90. The predicted octanol–water partition coefficient (Wildman–Crippen LogP) is 5.11. The van der Waals surface area contributed by atoms with Gasteiger partial charge in [-0.15, -0.1) is 5.10 Å². The van der Waals surface area contributed by atoms with Crippen LogP contribution in [0.1, 0.15) is 16.8 Å². The molecule has 0 atom stereocenters. The number of rotatable bonds is 3. The number of benzene rings is 2. The Morgan fingerprint density at radius 2 is 1.77 bits per heavy atom. The third kappa shape index (κ3) is 2.91. The lowest BCUT2D eigenvalue weighted by molar-refractivity contribution is 0.939. The Labute approximate surface area is 156 Å². The van der Waals surface area contributed by atoms with Crippen molar-refractivity contribution in [1.29, 1.82) is 0 Å². The van der Waals surface area contributed by atoms with Crippen molar-refractivity contribution in [3.63, 3.8) is 0 Å². The summed E-state index contributed by atoms with van der Waals surface area (Å²) >= 11 is 6.24. The fourth-order valence-electron chi connectivity index (χ4n) is 2.89. The van der Waals surface area contributed by atoms with E-state index in [1.165, 1.54) is 0 Å². The quantitative estimate of drug-likeness (QED) is 0.549. The molecule has 0 saturated carbocycles. The Morgan fingerprint density at radius 3 is 2.58 bits per heavy atom. The van der Waals surface area contributed by atoms with Crippen LogP contribution < -0.4 is 5.32 Å². The van der Waals surface area contributed by atoms with Crippen molar-refractivity contribution in [2.45, 2.75) is 20.8 Å². The first-order valence-electron chi connectivity index (χ1n) is 8.35. The number of nitrogens with zero attached hydrogens (tertiary/aromatic N) is 4. The molecule has 2 aromatic heterocycles. The molecule has 0 aliphatic carbocycles. The summed E-state index contributed by atoms with van der Waals surface area (Å²) in [4.78, 5) is 9.14. The van der Waals surface area contributed by atoms with Gasteiger partial charge in [0.15, 0.2) is 5.82 Å². The zero-order valence-corrected chi connectivity index (χ0v) is 15.5. The molecule has 26 heavy (non-hydrogen) atoms. The normalized spacial score (nSPS) is 11.1. The van der Waals surface area contributed by atoms with Gasteiger partial charge in [-0.05, 0) is 44.0 Å². The van der Waals surface area contributed by atoms with Crippen molar-refractivity contribution in [3.8, 4) is 11.4 Å². The Balaban J connectivity index is 1.85. The number of halogens is 1. The van der Waals surface area contributed by atoms with E-state index >= 15 is 0 Å². The molecule has 0 fully saturated rings. The van der Waals surface area contributed by atoms with Crippen molar-refractivity contribution in [3.05, 3.63) is 70.4 Å². The maximum absolute atomic E-state index is 6.24. The molecule has 6 heteroatoms. The maximum atomic E-state index is 6.24. The van der Waals surface area contributed by atoms with Gasteiger partial charge in [-0.3, -0.25) is 0 Å². The van der Waals surface area contributed by atoms with Crippen molar-refractivity contribution in [2.24, 2.45) is 0 Å². The predicted molar refractivity (Wildman–Crippen MR) is 105 cm³/mol. The minimum atomic E-state index is 0.561. The van der Waals surface area contributed by atoms with Crippen LogP contribution in [0, 0.1) is 20.8 Å². The largest absolute Gasteiger partial charge is 0.340 e. The van der Waals surface area contributed by atoms with Gasteiger partial charge in [0.25, 0.3) is 5.78 Å². The van der Waals surface area contributed by atoms with Gasteiger partial charge in [-0.25, -0.2) is 4.98 Å². The summed E-state index contributed by atoms with van der Waals surface area (Å²) in [6, 6.07) is 15.8. The number of anilines is 2.